The summed E-state index contributed by atoms with van der Waals surface area (Å²) in [6.45, 7) is 0. The minimum Gasteiger partial charge on any atom is -0.0622 e. The maximum Gasteiger partial charge on any atom is -0.00132 e. The van der Waals surface area contributed by atoms with Gasteiger partial charge in [0, 0.05) is 0 Å². The molecule has 0 unspecified atom stereocenters. The number of hydrogen-bond donors (Lipinski definition) is 0. The molecule has 0 heterocycles. The molecule has 1 aliphatic carbocycles. The van der Waals surface area contributed by atoms with Gasteiger partial charge >= 0.3 is 0 Å². The average molecular weight is 294 g/mol. The topological polar surface area (TPSA) is 0 Å². The third kappa shape index (κ3) is 2.89. The van der Waals surface area contributed by atoms with Gasteiger partial charge < -0.3 is 0 Å². The van der Waals surface area contributed by atoms with Crippen molar-refractivity contribution in [3.05, 3.63) is 113 Å². The van der Waals surface area contributed by atoms with Gasteiger partial charge in [0.2, 0.25) is 0 Å². The molecule has 0 amide bonds. The van der Waals surface area contributed by atoms with E-state index in [1.54, 1.807) is 0 Å². The summed E-state index contributed by atoms with van der Waals surface area (Å²) in [5.41, 5.74) is 8.01. The van der Waals surface area contributed by atoms with Crippen molar-refractivity contribution in [3.63, 3.8) is 0 Å². The SMILES string of the molecule is C(=C1Cc2ccccc2C1=Cc1ccccc1)c1ccccc1. The highest BCUT2D eigenvalue weighted by atomic mass is 14.2. The Kier molecular flexibility index (Phi) is 3.65. The van der Waals surface area contributed by atoms with E-state index in [4.69, 9.17) is 0 Å². The lowest BCUT2D eigenvalue weighted by Crippen LogP contribution is -1.83. The third-order valence-corrected chi connectivity index (χ3v) is 4.29. The van der Waals surface area contributed by atoms with Crippen LogP contribution < -0.4 is 0 Å². The lowest BCUT2D eigenvalue weighted by Gasteiger charge is -2.04. The lowest BCUT2D eigenvalue weighted by atomic mass is 10.00. The molecule has 0 N–H and O–H groups in total. The van der Waals surface area contributed by atoms with Crippen LogP contribution in [0.25, 0.3) is 17.7 Å². The van der Waals surface area contributed by atoms with Crippen molar-refractivity contribution in [2.24, 2.45) is 0 Å². The minimum absolute atomic E-state index is 1.00. The Morgan fingerprint density at radius 2 is 1.13 bits per heavy atom. The van der Waals surface area contributed by atoms with Crippen molar-refractivity contribution in [1.29, 1.82) is 0 Å². The zero-order valence-electron chi connectivity index (χ0n) is 12.9. The maximum atomic E-state index is 2.31. The molecule has 0 radical (unpaired) electrons. The van der Waals surface area contributed by atoms with Crippen molar-refractivity contribution in [2.75, 3.05) is 0 Å². The number of hydrogen-bond acceptors (Lipinski definition) is 0. The van der Waals surface area contributed by atoms with Gasteiger partial charge in [0.25, 0.3) is 0 Å². The Hall–Kier alpha value is -2.86. The van der Waals surface area contributed by atoms with Crippen molar-refractivity contribution in [3.8, 4) is 0 Å². The fourth-order valence-corrected chi connectivity index (χ4v) is 3.18. The normalized spacial score (nSPS) is 16.7. The molecule has 0 heteroatoms. The van der Waals surface area contributed by atoms with E-state index in [1.807, 2.05) is 0 Å². The van der Waals surface area contributed by atoms with E-state index in [0.29, 0.717) is 0 Å². The molecule has 0 atom stereocenters. The molecule has 0 nitrogen and oxygen atoms in total. The van der Waals surface area contributed by atoms with Crippen molar-refractivity contribution >= 4 is 17.7 Å². The van der Waals surface area contributed by atoms with Crippen molar-refractivity contribution in [1.82, 2.24) is 0 Å². The van der Waals surface area contributed by atoms with Crippen LogP contribution in [-0.2, 0) is 6.42 Å². The molecule has 110 valence electrons. The smallest absolute Gasteiger partial charge is 0.00132 e. The molecule has 0 aromatic heterocycles. The number of allylic oxidation sites excluding steroid dienone is 2. The first-order valence-corrected chi connectivity index (χ1v) is 8.01. The first-order valence-electron chi connectivity index (χ1n) is 8.01. The van der Waals surface area contributed by atoms with E-state index < -0.39 is 0 Å². The van der Waals surface area contributed by atoms with E-state index in [1.165, 1.54) is 33.4 Å². The monoisotopic (exact) mass is 294 g/mol. The van der Waals surface area contributed by atoms with Gasteiger partial charge in [-0.2, -0.15) is 0 Å². The quantitative estimate of drug-likeness (QED) is 0.554. The molecule has 0 saturated carbocycles. The van der Waals surface area contributed by atoms with Crippen molar-refractivity contribution < 1.29 is 0 Å². The Labute approximate surface area is 137 Å². The van der Waals surface area contributed by atoms with E-state index in [0.717, 1.165) is 6.42 Å². The van der Waals surface area contributed by atoms with Gasteiger partial charge in [-0.3, -0.25) is 0 Å². The molecule has 0 fully saturated rings. The van der Waals surface area contributed by atoms with Crippen LogP contribution in [0.15, 0.2) is 90.5 Å². The minimum atomic E-state index is 1.00. The van der Waals surface area contributed by atoms with Crippen LogP contribution in [0.2, 0.25) is 0 Å². The Bertz CT molecular complexity index is 868. The molecule has 0 saturated heterocycles. The molecule has 0 aliphatic heterocycles. The molecule has 3 aromatic rings. The predicted molar refractivity (Wildman–Crippen MR) is 98.9 cm³/mol. The Morgan fingerprint density at radius 3 is 1.83 bits per heavy atom. The summed E-state index contributed by atoms with van der Waals surface area (Å²) < 4.78 is 0. The molecule has 23 heavy (non-hydrogen) atoms. The van der Waals surface area contributed by atoms with E-state index in [2.05, 4.69) is 97.1 Å². The van der Waals surface area contributed by atoms with Crippen LogP contribution in [0.1, 0.15) is 22.3 Å². The number of fused-ring (bicyclic) bond motifs is 1. The first kappa shape index (κ1) is 13.8. The molecule has 0 bridgehead atoms. The molecule has 1 aliphatic rings. The molecular weight excluding hydrogens is 276 g/mol. The number of rotatable bonds is 2. The van der Waals surface area contributed by atoms with Crippen LogP contribution in [0.5, 0.6) is 0 Å². The Morgan fingerprint density at radius 1 is 0.565 bits per heavy atom. The van der Waals surface area contributed by atoms with E-state index in [-0.39, 0.29) is 0 Å². The van der Waals surface area contributed by atoms with Crippen LogP contribution >= 0.6 is 0 Å². The second-order valence-corrected chi connectivity index (χ2v) is 5.88. The summed E-state index contributed by atoms with van der Waals surface area (Å²) in [6.07, 6.45) is 5.62. The Balaban J connectivity index is 1.84. The third-order valence-electron chi connectivity index (χ3n) is 4.29. The molecule has 3 aromatic carbocycles. The van der Waals surface area contributed by atoms with Crippen molar-refractivity contribution in [2.45, 2.75) is 6.42 Å². The molecular formula is C23H18. The van der Waals surface area contributed by atoms with Gasteiger partial charge in [0.1, 0.15) is 0 Å². The fraction of sp³-hybridized carbons (Fsp3) is 0.0435. The zero-order chi connectivity index (χ0) is 15.5. The second kappa shape index (κ2) is 6.10. The standard InChI is InChI=1S/C23H18/c1-3-9-18(10-4-1)15-21-17-20-13-7-8-14-22(20)23(21)16-19-11-5-2-6-12-19/h1-16H,17H2. The molecule has 0 spiro atoms. The van der Waals surface area contributed by atoms with Gasteiger partial charge in [0.05, 0.1) is 0 Å². The van der Waals surface area contributed by atoms with E-state index in [9.17, 15) is 0 Å². The average Bonchev–Trinajstić information content (AvgIpc) is 2.94. The lowest BCUT2D eigenvalue weighted by molar-refractivity contribution is 1.28. The predicted octanol–water partition coefficient (Wildman–Crippen LogP) is 5.87. The highest BCUT2D eigenvalue weighted by molar-refractivity contribution is 5.98. The summed E-state index contributed by atoms with van der Waals surface area (Å²) in [6, 6.07) is 29.9. The van der Waals surface area contributed by atoms with Gasteiger partial charge in [-0.15, -0.1) is 0 Å². The van der Waals surface area contributed by atoms with Crippen LogP contribution in [-0.4, -0.2) is 0 Å². The van der Waals surface area contributed by atoms with E-state index >= 15 is 0 Å². The summed E-state index contributed by atoms with van der Waals surface area (Å²) in [7, 11) is 0. The van der Waals surface area contributed by atoms with Crippen LogP contribution in [0.4, 0.5) is 0 Å². The van der Waals surface area contributed by atoms with Gasteiger partial charge in [-0.25, -0.2) is 0 Å². The second-order valence-electron chi connectivity index (χ2n) is 5.88. The summed E-state index contributed by atoms with van der Waals surface area (Å²) >= 11 is 0. The largest absolute Gasteiger partial charge is 0.0622 e. The van der Waals surface area contributed by atoms with Gasteiger partial charge in [-0.05, 0) is 45.9 Å². The molecule has 4 rings (SSSR count). The highest BCUT2D eigenvalue weighted by Crippen LogP contribution is 2.38. The van der Waals surface area contributed by atoms with Gasteiger partial charge in [0.15, 0.2) is 0 Å². The van der Waals surface area contributed by atoms with Crippen LogP contribution in [0, 0.1) is 0 Å². The zero-order valence-corrected chi connectivity index (χ0v) is 12.9. The number of benzene rings is 3. The summed E-state index contributed by atoms with van der Waals surface area (Å²) in [4.78, 5) is 0. The van der Waals surface area contributed by atoms with Gasteiger partial charge in [-0.1, -0.05) is 91.0 Å². The summed E-state index contributed by atoms with van der Waals surface area (Å²) in [5, 5.41) is 0. The highest BCUT2D eigenvalue weighted by Gasteiger charge is 2.20. The summed E-state index contributed by atoms with van der Waals surface area (Å²) in [5.74, 6) is 0. The maximum absolute atomic E-state index is 2.31. The first-order chi connectivity index (χ1) is 11.4. The van der Waals surface area contributed by atoms with Crippen LogP contribution in [0.3, 0.4) is 0 Å². The fourth-order valence-electron chi connectivity index (χ4n) is 3.18.